The highest BCUT2D eigenvalue weighted by Gasteiger charge is 2.23. The predicted octanol–water partition coefficient (Wildman–Crippen LogP) is 5.38. The second-order valence-electron chi connectivity index (χ2n) is 6.74. The molecule has 0 amide bonds. The molecule has 4 rings (SSSR count). The van der Waals surface area contributed by atoms with E-state index < -0.39 is 0 Å². The zero-order valence-corrected chi connectivity index (χ0v) is 15.1. The smallest absolute Gasteiger partial charge is 0.0166 e. The van der Waals surface area contributed by atoms with Gasteiger partial charge in [0.15, 0.2) is 0 Å². The summed E-state index contributed by atoms with van der Waals surface area (Å²) in [6, 6.07) is 17.8. The van der Waals surface area contributed by atoms with Crippen molar-refractivity contribution in [3.8, 4) is 0 Å². The fraction of sp³-hybridized carbons (Fsp3) is 0.273. The summed E-state index contributed by atoms with van der Waals surface area (Å²) < 4.78 is 0. The molecule has 24 heavy (non-hydrogen) atoms. The Labute approximate surface area is 151 Å². The number of benzene rings is 2. The lowest BCUT2D eigenvalue weighted by Crippen LogP contribution is -2.24. The highest BCUT2D eigenvalue weighted by Crippen LogP contribution is 2.41. The van der Waals surface area contributed by atoms with Gasteiger partial charge < -0.3 is 4.90 Å². The summed E-state index contributed by atoms with van der Waals surface area (Å²) in [5.41, 5.74) is 8.58. The number of rotatable bonds is 1. The predicted molar refractivity (Wildman–Crippen MR) is 106 cm³/mol. The third-order valence-electron chi connectivity index (χ3n) is 5.24. The fourth-order valence-corrected chi connectivity index (χ4v) is 3.84. The molecule has 2 aliphatic rings. The Morgan fingerprint density at radius 2 is 1.67 bits per heavy atom. The number of hydrogen-bond acceptors (Lipinski definition) is 1. The lowest BCUT2D eigenvalue weighted by molar-refractivity contribution is 0.362. The van der Waals surface area contributed by atoms with E-state index in [9.17, 15) is 0 Å². The van der Waals surface area contributed by atoms with Gasteiger partial charge in [0.25, 0.3) is 0 Å². The minimum absolute atomic E-state index is 0. The average molecular weight is 338 g/mol. The van der Waals surface area contributed by atoms with Gasteiger partial charge in [-0.25, -0.2) is 0 Å². The minimum Gasteiger partial charge on any atom is -0.302 e. The van der Waals surface area contributed by atoms with Crippen molar-refractivity contribution in [1.29, 1.82) is 0 Å². The summed E-state index contributed by atoms with van der Waals surface area (Å²) >= 11 is 0. The van der Waals surface area contributed by atoms with Crippen molar-refractivity contribution >= 4 is 24.1 Å². The Morgan fingerprint density at radius 3 is 2.42 bits per heavy atom. The molecular formula is C22H24ClN. The molecule has 1 aliphatic carbocycles. The molecule has 1 nitrogen and oxygen atoms in total. The van der Waals surface area contributed by atoms with Crippen LogP contribution in [0.15, 0.2) is 60.2 Å². The minimum atomic E-state index is 0. The third-order valence-corrected chi connectivity index (χ3v) is 5.24. The van der Waals surface area contributed by atoms with E-state index in [1.807, 2.05) is 0 Å². The van der Waals surface area contributed by atoms with Crippen LogP contribution in [0.2, 0.25) is 0 Å². The van der Waals surface area contributed by atoms with Crippen molar-refractivity contribution in [1.82, 2.24) is 4.90 Å². The standard InChI is InChI=1S/C22H23N.ClH/c1-16-19-8-4-3-7-18(19)15-22(17-11-13-23(2)14-12-17)21-10-6-5-9-20(16)21;/h3-11,15-16H,12-14H2,1-2H3;1H. The van der Waals surface area contributed by atoms with Crippen molar-refractivity contribution < 1.29 is 0 Å². The van der Waals surface area contributed by atoms with Crippen LogP contribution < -0.4 is 0 Å². The molecule has 0 fully saturated rings. The van der Waals surface area contributed by atoms with E-state index in [0.717, 1.165) is 19.5 Å². The molecular weight excluding hydrogens is 314 g/mol. The molecule has 1 aliphatic heterocycles. The van der Waals surface area contributed by atoms with E-state index in [1.54, 1.807) is 0 Å². The zero-order valence-electron chi connectivity index (χ0n) is 14.3. The SMILES string of the molecule is CC1c2ccccc2C=C(C2=CCN(C)CC2)c2ccccc21.Cl. The second kappa shape index (κ2) is 6.96. The lowest BCUT2D eigenvalue weighted by atomic mass is 9.86. The topological polar surface area (TPSA) is 3.24 Å². The molecule has 1 unspecified atom stereocenters. The van der Waals surface area contributed by atoms with Crippen LogP contribution in [0.4, 0.5) is 0 Å². The largest absolute Gasteiger partial charge is 0.302 e. The van der Waals surface area contributed by atoms with Crippen LogP contribution in [0.1, 0.15) is 41.5 Å². The van der Waals surface area contributed by atoms with Crippen LogP contribution in [-0.4, -0.2) is 25.0 Å². The Balaban J connectivity index is 0.00000169. The molecule has 0 aromatic heterocycles. The van der Waals surface area contributed by atoms with Gasteiger partial charge in [-0.05, 0) is 52.9 Å². The highest BCUT2D eigenvalue weighted by molar-refractivity contribution is 5.94. The van der Waals surface area contributed by atoms with E-state index in [1.165, 1.54) is 33.4 Å². The fourth-order valence-electron chi connectivity index (χ4n) is 3.84. The van der Waals surface area contributed by atoms with E-state index in [2.05, 4.69) is 79.6 Å². The van der Waals surface area contributed by atoms with Crippen molar-refractivity contribution in [2.75, 3.05) is 20.1 Å². The van der Waals surface area contributed by atoms with E-state index in [0.29, 0.717) is 5.92 Å². The maximum Gasteiger partial charge on any atom is 0.0166 e. The van der Waals surface area contributed by atoms with Crippen molar-refractivity contribution in [3.05, 3.63) is 82.4 Å². The molecule has 0 saturated heterocycles. The first-order valence-electron chi connectivity index (χ1n) is 8.52. The van der Waals surface area contributed by atoms with Crippen LogP contribution in [0.3, 0.4) is 0 Å². The van der Waals surface area contributed by atoms with Gasteiger partial charge in [-0.3, -0.25) is 0 Å². The van der Waals surface area contributed by atoms with Crippen LogP contribution >= 0.6 is 12.4 Å². The molecule has 0 spiro atoms. The third kappa shape index (κ3) is 2.94. The summed E-state index contributed by atoms with van der Waals surface area (Å²) in [4.78, 5) is 2.38. The molecule has 0 radical (unpaired) electrons. The molecule has 0 saturated carbocycles. The number of nitrogens with zero attached hydrogens (tertiary/aromatic N) is 1. The number of fused-ring (bicyclic) bond motifs is 2. The van der Waals surface area contributed by atoms with E-state index in [4.69, 9.17) is 0 Å². The van der Waals surface area contributed by atoms with Gasteiger partial charge in [0.1, 0.15) is 0 Å². The molecule has 1 heterocycles. The van der Waals surface area contributed by atoms with E-state index >= 15 is 0 Å². The summed E-state index contributed by atoms with van der Waals surface area (Å²) in [7, 11) is 2.19. The van der Waals surface area contributed by atoms with Gasteiger partial charge >= 0.3 is 0 Å². The van der Waals surface area contributed by atoms with Crippen LogP contribution in [-0.2, 0) is 0 Å². The highest BCUT2D eigenvalue weighted by atomic mass is 35.5. The summed E-state index contributed by atoms with van der Waals surface area (Å²) in [6.45, 7) is 4.52. The molecule has 1 atom stereocenters. The number of allylic oxidation sites excluding steroid dienone is 1. The maximum atomic E-state index is 2.41. The van der Waals surface area contributed by atoms with Gasteiger partial charge in [-0.2, -0.15) is 0 Å². The number of likely N-dealkylation sites (N-methyl/N-ethyl adjacent to an activating group) is 1. The molecule has 0 N–H and O–H groups in total. The van der Waals surface area contributed by atoms with Gasteiger partial charge in [-0.15, -0.1) is 12.4 Å². The van der Waals surface area contributed by atoms with Crippen molar-refractivity contribution in [2.24, 2.45) is 0 Å². The Kier molecular flexibility index (Phi) is 4.93. The summed E-state index contributed by atoms with van der Waals surface area (Å²) in [6.07, 6.45) is 5.95. The molecule has 0 bridgehead atoms. The number of halogens is 1. The van der Waals surface area contributed by atoms with Crippen molar-refractivity contribution in [3.63, 3.8) is 0 Å². The van der Waals surface area contributed by atoms with E-state index in [-0.39, 0.29) is 12.4 Å². The maximum absolute atomic E-state index is 2.41. The van der Waals surface area contributed by atoms with Gasteiger partial charge in [-0.1, -0.05) is 61.5 Å². The summed E-state index contributed by atoms with van der Waals surface area (Å²) in [5.74, 6) is 0.433. The summed E-state index contributed by atoms with van der Waals surface area (Å²) in [5, 5.41) is 0. The quantitative estimate of drug-likeness (QED) is 0.675. The van der Waals surface area contributed by atoms with Gasteiger partial charge in [0.05, 0.1) is 0 Å². The van der Waals surface area contributed by atoms with Crippen LogP contribution in [0.5, 0.6) is 0 Å². The first-order chi connectivity index (χ1) is 11.2. The number of hydrogen-bond donors (Lipinski definition) is 0. The second-order valence-corrected chi connectivity index (χ2v) is 6.74. The molecule has 124 valence electrons. The Bertz CT molecular complexity index is 803. The average Bonchev–Trinajstić information content (AvgIpc) is 2.72. The Hall–Kier alpha value is -1.83. The zero-order chi connectivity index (χ0) is 15.8. The molecule has 2 heteroatoms. The van der Waals surface area contributed by atoms with Crippen LogP contribution in [0.25, 0.3) is 11.6 Å². The molecule has 2 aromatic rings. The lowest BCUT2D eigenvalue weighted by Gasteiger charge is -2.24. The van der Waals surface area contributed by atoms with Gasteiger partial charge in [0.2, 0.25) is 0 Å². The van der Waals surface area contributed by atoms with Gasteiger partial charge in [0, 0.05) is 19.0 Å². The monoisotopic (exact) mass is 337 g/mol. The van der Waals surface area contributed by atoms with Crippen molar-refractivity contribution in [2.45, 2.75) is 19.3 Å². The van der Waals surface area contributed by atoms with Crippen LogP contribution in [0, 0.1) is 0 Å². The normalized spacial score (nSPS) is 20.0. The first-order valence-corrected chi connectivity index (χ1v) is 8.52. The first kappa shape index (κ1) is 17.0. The molecule has 2 aromatic carbocycles. The Morgan fingerprint density at radius 1 is 0.958 bits per heavy atom.